The van der Waals surface area contributed by atoms with Crippen LogP contribution < -0.4 is 0 Å². The number of hydrogen-bond acceptors (Lipinski definition) is 3. The van der Waals surface area contributed by atoms with E-state index >= 15 is 0 Å². The van der Waals surface area contributed by atoms with Crippen molar-refractivity contribution >= 4 is 29.7 Å². The average molecular weight is 210 g/mol. The summed E-state index contributed by atoms with van der Waals surface area (Å²) in [5.74, 6) is 0. The highest BCUT2D eigenvalue weighted by Gasteiger charge is 2.17. The zero-order valence-electron chi connectivity index (χ0n) is 6.28. The summed E-state index contributed by atoms with van der Waals surface area (Å²) in [6, 6.07) is 0. The van der Waals surface area contributed by atoms with Gasteiger partial charge >= 0.3 is 0 Å². The molecule has 5 heteroatoms. The smallest absolute Gasteiger partial charge is 0.185 e. The molecule has 1 aliphatic heterocycles. The molecule has 2 unspecified atom stereocenters. The summed E-state index contributed by atoms with van der Waals surface area (Å²) in [5, 5.41) is 2.32. The molecule has 0 spiro atoms. The van der Waals surface area contributed by atoms with E-state index in [1.54, 1.807) is 17.2 Å². The lowest BCUT2D eigenvalue weighted by Crippen LogP contribution is -2.05. The zero-order valence-corrected chi connectivity index (χ0v) is 9.07. The fourth-order valence-corrected chi connectivity index (χ4v) is 3.59. The van der Waals surface area contributed by atoms with Crippen LogP contribution in [0.25, 0.3) is 0 Å². The van der Waals surface area contributed by atoms with E-state index in [9.17, 15) is 8.42 Å². The lowest BCUT2D eigenvalue weighted by molar-refractivity contribution is 0.612. The molecular weight excluding hydrogens is 199 g/mol. The fourth-order valence-electron chi connectivity index (χ4n) is 0.874. The molecule has 0 N–H and O–H groups in total. The summed E-state index contributed by atoms with van der Waals surface area (Å²) in [5.41, 5.74) is 0. The highest BCUT2D eigenvalue weighted by atomic mass is 32.7. The van der Waals surface area contributed by atoms with Crippen molar-refractivity contribution in [2.24, 2.45) is 0 Å². The van der Waals surface area contributed by atoms with Gasteiger partial charge < -0.3 is 0 Å². The van der Waals surface area contributed by atoms with Crippen molar-refractivity contribution in [3.8, 4) is 0 Å². The minimum atomic E-state index is -2.99. The highest BCUT2D eigenvalue weighted by molar-refractivity contribution is 8.40. The van der Waals surface area contributed by atoms with E-state index in [2.05, 4.69) is 6.92 Å². The summed E-state index contributed by atoms with van der Waals surface area (Å²) in [6.07, 6.45) is 1.66. The maximum Gasteiger partial charge on any atom is 0.185 e. The van der Waals surface area contributed by atoms with Gasteiger partial charge in [0, 0.05) is 5.25 Å². The average Bonchev–Trinajstić information content (AvgIpc) is 1.86. The van der Waals surface area contributed by atoms with Gasteiger partial charge in [-0.2, -0.15) is 0 Å². The summed E-state index contributed by atoms with van der Waals surface area (Å²) < 4.78 is 21.9. The molecule has 0 bridgehead atoms. The van der Waals surface area contributed by atoms with Crippen molar-refractivity contribution < 1.29 is 8.42 Å². The highest BCUT2D eigenvalue weighted by Crippen LogP contribution is 2.32. The van der Waals surface area contributed by atoms with Crippen LogP contribution in [0.1, 0.15) is 19.8 Å². The third-order valence-corrected chi connectivity index (χ3v) is 4.83. The van der Waals surface area contributed by atoms with Gasteiger partial charge in [-0.15, -0.1) is 11.8 Å². The third kappa shape index (κ3) is 2.77. The van der Waals surface area contributed by atoms with Gasteiger partial charge in [-0.25, -0.2) is 8.42 Å². The van der Waals surface area contributed by atoms with Gasteiger partial charge in [0.15, 0.2) is 9.46 Å². The van der Waals surface area contributed by atoms with Crippen LogP contribution in [-0.4, -0.2) is 13.7 Å². The molecule has 0 saturated carbocycles. The first-order chi connectivity index (χ1) is 5.00. The van der Waals surface area contributed by atoms with E-state index in [4.69, 9.17) is 0 Å². The van der Waals surface area contributed by atoms with Gasteiger partial charge in [0.1, 0.15) is 0 Å². The lowest BCUT2D eigenvalue weighted by atomic mass is 10.2. The first kappa shape index (κ1) is 9.56. The second-order valence-corrected chi connectivity index (χ2v) is 7.40. The quantitative estimate of drug-likeness (QED) is 0.620. The van der Waals surface area contributed by atoms with E-state index in [1.165, 1.54) is 0 Å². The fraction of sp³-hybridized carbons (Fsp3) is 0.667. The normalized spacial score (nSPS) is 26.4. The molecule has 1 rings (SSSR count). The van der Waals surface area contributed by atoms with Crippen molar-refractivity contribution in [1.29, 1.82) is 0 Å². The summed E-state index contributed by atoms with van der Waals surface area (Å²) in [7, 11) is -1.11. The Morgan fingerprint density at radius 1 is 1.73 bits per heavy atom. The minimum Gasteiger partial charge on any atom is -0.220 e. The van der Waals surface area contributed by atoms with Crippen LogP contribution in [0.15, 0.2) is 10.3 Å². The molecule has 0 aliphatic carbocycles. The van der Waals surface area contributed by atoms with Crippen LogP contribution in [0.2, 0.25) is 0 Å². The Morgan fingerprint density at radius 2 is 2.36 bits per heavy atom. The van der Waals surface area contributed by atoms with Crippen LogP contribution >= 0.6 is 20.2 Å². The second-order valence-electron chi connectivity index (χ2n) is 2.61. The molecule has 0 radical (unpaired) electrons. The SMILES string of the molecule is CC1CCC(S(=O)(=O)P)=CS1. The lowest BCUT2D eigenvalue weighted by Gasteiger charge is -2.15. The van der Waals surface area contributed by atoms with E-state index in [0.717, 1.165) is 6.42 Å². The second kappa shape index (κ2) is 3.46. The molecule has 0 saturated heterocycles. The molecule has 2 atom stereocenters. The van der Waals surface area contributed by atoms with Gasteiger partial charge in [0.05, 0.1) is 4.91 Å². The molecule has 64 valence electrons. The molecule has 0 aromatic rings. The van der Waals surface area contributed by atoms with Crippen LogP contribution in [0.5, 0.6) is 0 Å². The van der Waals surface area contributed by atoms with E-state index in [-0.39, 0.29) is 0 Å². The van der Waals surface area contributed by atoms with Crippen LogP contribution in [0.4, 0.5) is 0 Å². The minimum absolute atomic E-state index is 0.561. The van der Waals surface area contributed by atoms with Gasteiger partial charge in [0.2, 0.25) is 0 Å². The Bertz CT molecular complexity index is 268. The zero-order chi connectivity index (χ0) is 8.48. The molecule has 0 aromatic heterocycles. The summed E-state index contributed by atoms with van der Waals surface area (Å²) in [6.45, 7) is 2.10. The topological polar surface area (TPSA) is 34.1 Å². The van der Waals surface area contributed by atoms with E-state index in [0.29, 0.717) is 16.6 Å². The van der Waals surface area contributed by atoms with Crippen molar-refractivity contribution in [1.82, 2.24) is 0 Å². The molecular formula is C6H11O2PS2. The summed E-state index contributed by atoms with van der Waals surface area (Å²) >= 11 is 1.60. The Morgan fingerprint density at radius 3 is 2.73 bits per heavy atom. The van der Waals surface area contributed by atoms with E-state index in [1.807, 2.05) is 8.44 Å². The third-order valence-electron chi connectivity index (χ3n) is 1.59. The predicted molar refractivity (Wildman–Crippen MR) is 53.0 cm³/mol. The van der Waals surface area contributed by atoms with Crippen molar-refractivity contribution in [2.45, 2.75) is 25.0 Å². The predicted octanol–water partition coefficient (Wildman–Crippen LogP) is 1.95. The molecule has 0 fully saturated rings. The standard InChI is InChI=1S/C6H11O2PS2/c1-5-2-3-6(4-10-5)11(7,8)9/h4-5H,2-3,9H2,1H3. The maximum absolute atomic E-state index is 11.0. The van der Waals surface area contributed by atoms with E-state index < -0.39 is 9.46 Å². The Balaban J connectivity index is 2.78. The Kier molecular flexibility index (Phi) is 3.01. The molecule has 11 heavy (non-hydrogen) atoms. The first-order valence-electron chi connectivity index (χ1n) is 3.37. The largest absolute Gasteiger partial charge is 0.220 e. The number of hydrogen-bond donors (Lipinski definition) is 0. The summed E-state index contributed by atoms with van der Waals surface area (Å²) in [4.78, 5) is 0.561. The van der Waals surface area contributed by atoms with Crippen molar-refractivity contribution in [3.63, 3.8) is 0 Å². The maximum atomic E-state index is 11.0. The molecule has 2 nitrogen and oxygen atoms in total. The number of thioether (sulfide) groups is 1. The van der Waals surface area contributed by atoms with Crippen LogP contribution in [0, 0.1) is 0 Å². The van der Waals surface area contributed by atoms with Crippen LogP contribution in [0.3, 0.4) is 0 Å². The van der Waals surface area contributed by atoms with Gasteiger partial charge in [-0.1, -0.05) is 6.92 Å². The number of allylic oxidation sites excluding steroid dienone is 1. The van der Waals surface area contributed by atoms with Gasteiger partial charge in [-0.3, -0.25) is 0 Å². The molecule has 1 aliphatic rings. The monoisotopic (exact) mass is 210 g/mol. The molecule has 0 aromatic carbocycles. The molecule has 1 heterocycles. The van der Waals surface area contributed by atoms with Crippen molar-refractivity contribution in [3.05, 3.63) is 10.3 Å². The van der Waals surface area contributed by atoms with Gasteiger partial charge in [0.25, 0.3) is 0 Å². The van der Waals surface area contributed by atoms with Crippen LogP contribution in [-0.2, 0) is 9.46 Å². The first-order valence-corrected chi connectivity index (χ1v) is 7.28. The Labute approximate surface area is 73.7 Å². The Hall–Kier alpha value is 0.470. The van der Waals surface area contributed by atoms with Crippen molar-refractivity contribution in [2.75, 3.05) is 0 Å². The number of rotatable bonds is 1. The molecule has 0 amide bonds. The van der Waals surface area contributed by atoms with Gasteiger partial charge in [-0.05, 0) is 26.7 Å².